The minimum atomic E-state index is -0.914. The van der Waals surface area contributed by atoms with Crippen LogP contribution in [-0.2, 0) is 14.3 Å². The topological polar surface area (TPSA) is 81.4 Å². The minimum absolute atomic E-state index is 0. The van der Waals surface area contributed by atoms with Crippen LogP contribution < -0.4 is 11.1 Å². The largest absolute Gasteiger partial charge is 0.468 e. The maximum Gasteiger partial charge on any atom is 0.325 e. The highest BCUT2D eigenvalue weighted by Gasteiger charge is 2.27. The molecule has 1 unspecified atom stereocenters. The average Bonchev–Trinajstić information content (AvgIpc) is 2.13. The van der Waals surface area contributed by atoms with E-state index in [1.807, 2.05) is 6.92 Å². The third-order valence-electron chi connectivity index (χ3n) is 1.91. The SMILES string of the molecule is CCCC(C)(N)C(=O)NCC(=O)OC.Cl. The van der Waals surface area contributed by atoms with Gasteiger partial charge in [0.1, 0.15) is 6.54 Å². The van der Waals surface area contributed by atoms with E-state index in [1.165, 1.54) is 7.11 Å². The Balaban J connectivity index is 0. The van der Waals surface area contributed by atoms with Gasteiger partial charge in [-0.15, -0.1) is 12.4 Å². The molecule has 0 radical (unpaired) electrons. The van der Waals surface area contributed by atoms with E-state index in [0.29, 0.717) is 6.42 Å². The zero-order valence-electron chi connectivity index (χ0n) is 9.33. The molecule has 0 saturated heterocycles. The van der Waals surface area contributed by atoms with E-state index in [9.17, 15) is 9.59 Å². The molecule has 0 aliphatic rings. The summed E-state index contributed by atoms with van der Waals surface area (Å²) in [6.07, 6.45) is 1.40. The molecule has 5 nitrogen and oxygen atoms in total. The van der Waals surface area contributed by atoms with Crippen molar-refractivity contribution in [3.05, 3.63) is 0 Å². The molecule has 0 aromatic rings. The van der Waals surface area contributed by atoms with Crippen molar-refractivity contribution in [1.82, 2.24) is 5.32 Å². The van der Waals surface area contributed by atoms with Gasteiger partial charge in [-0.3, -0.25) is 9.59 Å². The van der Waals surface area contributed by atoms with E-state index in [-0.39, 0.29) is 24.9 Å². The van der Waals surface area contributed by atoms with Crippen molar-refractivity contribution in [3.8, 4) is 0 Å². The standard InChI is InChI=1S/C9H18N2O3.ClH/c1-4-5-9(2,10)8(13)11-6-7(12)14-3;/h4-6,10H2,1-3H3,(H,11,13);1H. The number of ether oxygens (including phenoxy) is 1. The Morgan fingerprint density at radius 3 is 2.40 bits per heavy atom. The van der Waals surface area contributed by atoms with Gasteiger partial charge in [-0.25, -0.2) is 0 Å². The number of nitrogens with one attached hydrogen (secondary N) is 1. The molecule has 0 heterocycles. The molecule has 0 rings (SSSR count). The Bertz CT molecular complexity index is 219. The summed E-state index contributed by atoms with van der Waals surface area (Å²) in [5.41, 5.74) is 4.82. The lowest BCUT2D eigenvalue weighted by atomic mass is 9.97. The molecule has 1 amide bonds. The van der Waals surface area contributed by atoms with Crippen molar-refractivity contribution < 1.29 is 14.3 Å². The first-order valence-corrected chi connectivity index (χ1v) is 4.58. The van der Waals surface area contributed by atoms with E-state index in [2.05, 4.69) is 10.1 Å². The fourth-order valence-electron chi connectivity index (χ4n) is 1.06. The molecular formula is C9H19ClN2O3. The molecule has 0 aliphatic carbocycles. The van der Waals surface area contributed by atoms with Crippen LogP contribution >= 0.6 is 12.4 Å². The van der Waals surface area contributed by atoms with Crippen molar-refractivity contribution in [2.45, 2.75) is 32.2 Å². The van der Waals surface area contributed by atoms with Gasteiger partial charge < -0.3 is 15.8 Å². The molecule has 0 saturated carbocycles. The van der Waals surface area contributed by atoms with Crippen LogP contribution in [0, 0.1) is 0 Å². The number of halogens is 1. The number of amides is 1. The average molecular weight is 239 g/mol. The highest BCUT2D eigenvalue weighted by molar-refractivity contribution is 5.88. The van der Waals surface area contributed by atoms with Gasteiger partial charge in [0, 0.05) is 0 Å². The molecule has 1 atom stereocenters. The van der Waals surface area contributed by atoms with Gasteiger partial charge in [-0.2, -0.15) is 0 Å². The summed E-state index contributed by atoms with van der Waals surface area (Å²) < 4.78 is 4.38. The lowest BCUT2D eigenvalue weighted by Crippen LogP contribution is -2.52. The quantitative estimate of drug-likeness (QED) is 0.672. The molecule has 0 spiro atoms. The van der Waals surface area contributed by atoms with Crippen molar-refractivity contribution in [2.24, 2.45) is 5.73 Å². The number of methoxy groups -OCH3 is 1. The Kier molecular flexibility index (Phi) is 8.28. The van der Waals surface area contributed by atoms with E-state index in [0.717, 1.165) is 6.42 Å². The van der Waals surface area contributed by atoms with E-state index in [4.69, 9.17) is 5.73 Å². The highest BCUT2D eigenvalue weighted by atomic mass is 35.5. The van der Waals surface area contributed by atoms with Crippen molar-refractivity contribution in [3.63, 3.8) is 0 Å². The monoisotopic (exact) mass is 238 g/mol. The van der Waals surface area contributed by atoms with Crippen LogP contribution in [-0.4, -0.2) is 31.1 Å². The number of carbonyl (C=O) groups is 2. The van der Waals surface area contributed by atoms with E-state index in [1.54, 1.807) is 6.92 Å². The van der Waals surface area contributed by atoms with Gasteiger partial charge in [-0.1, -0.05) is 13.3 Å². The molecule has 6 heteroatoms. The Labute approximate surface area is 96.1 Å². The molecule has 0 fully saturated rings. The number of carbonyl (C=O) groups excluding carboxylic acids is 2. The zero-order chi connectivity index (χ0) is 11.2. The summed E-state index contributed by atoms with van der Waals surface area (Å²) in [6, 6.07) is 0. The first-order chi connectivity index (χ1) is 6.44. The Hall–Kier alpha value is -0.810. The number of hydrogen-bond donors (Lipinski definition) is 2. The zero-order valence-corrected chi connectivity index (χ0v) is 10.1. The fraction of sp³-hybridized carbons (Fsp3) is 0.778. The Morgan fingerprint density at radius 2 is 2.00 bits per heavy atom. The van der Waals surface area contributed by atoms with Crippen LogP contribution in [0.1, 0.15) is 26.7 Å². The first kappa shape index (κ1) is 16.6. The second kappa shape index (κ2) is 7.48. The van der Waals surface area contributed by atoms with Crippen LogP contribution in [0.3, 0.4) is 0 Å². The second-order valence-corrected chi connectivity index (χ2v) is 3.43. The fourth-order valence-corrected chi connectivity index (χ4v) is 1.06. The second-order valence-electron chi connectivity index (χ2n) is 3.43. The molecular weight excluding hydrogens is 220 g/mol. The van der Waals surface area contributed by atoms with Gasteiger partial charge in [0.2, 0.25) is 5.91 Å². The molecule has 0 aromatic carbocycles. The van der Waals surface area contributed by atoms with Crippen molar-refractivity contribution in [2.75, 3.05) is 13.7 Å². The molecule has 0 aliphatic heterocycles. The van der Waals surface area contributed by atoms with Gasteiger partial charge >= 0.3 is 5.97 Å². The van der Waals surface area contributed by atoms with E-state index < -0.39 is 11.5 Å². The predicted molar refractivity (Wildman–Crippen MR) is 59.8 cm³/mol. The smallest absolute Gasteiger partial charge is 0.325 e. The first-order valence-electron chi connectivity index (χ1n) is 4.58. The number of nitrogens with two attached hydrogens (primary N) is 1. The van der Waals surface area contributed by atoms with Gasteiger partial charge in [0.15, 0.2) is 0 Å². The van der Waals surface area contributed by atoms with Gasteiger partial charge in [0.25, 0.3) is 0 Å². The third kappa shape index (κ3) is 6.30. The molecule has 0 bridgehead atoms. The third-order valence-corrected chi connectivity index (χ3v) is 1.91. The number of hydrogen-bond acceptors (Lipinski definition) is 4. The van der Waals surface area contributed by atoms with Crippen LogP contribution in [0.2, 0.25) is 0 Å². The molecule has 3 N–H and O–H groups in total. The Morgan fingerprint density at radius 1 is 1.47 bits per heavy atom. The molecule has 15 heavy (non-hydrogen) atoms. The minimum Gasteiger partial charge on any atom is -0.468 e. The summed E-state index contributed by atoms with van der Waals surface area (Å²) in [6.45, 7) is 3.45. The lowest BCUT2D eigenvalue weighted by Gasteiger charge is -2.22. The van der Waals surface area contributed by atoms with Gasteiger partial charge in [0.05, 0.1) is 12.6 Å². The lowest BCUT2D eigenvalue weighted by molar-refractivity contribution is -0.141. The maximum atomic E-state index is 11.4. The maximum absolute atomic E-state index is 11.4. The summed E-state index contributed by atoms with van der Waals surface area (Å²) in [7, 11) is 1.27. The summed E-state index contributed by atoms with van der Waals surface area (Å²) >= 11 is 0. The summed E-state index contributed by atoms with van der Waals surface area (Å²) in [5.74, 6) is -0.810. The predicted octanol–water partition coefficient (Wildman–Crippen LogP) is 0.215. The van der Waals surface area contributed by atoms with E-state index >= 15 is 0 Å². The normalized spacial score (nSPS) is 13.3. The van der Waals surface area contributed by atoms with Crippen LogP contribution in [0.4, 0.5) is 0 Å². The highest BCUT2D eigenvalue weighted by Crippen LogP contribution is 2.07. The summed E-state index contributed by atoms with van der Waals surface area (Å²) in [5, 5.41) is 2.42. The van der Waals surface area contributed by atoms with Crippen LogP contribution in [0.15, 0.2) is 0 Å². The van der Waals surface area contributed by atoms with Crippen molar-refractivity contribution >= 4 is 24.3 Å². The molecule has 90 valence electrons. The van der Waals surface area contributed by atoms with Crippen molar-refractivity contribution in [1.29, 1.82) is 0 Å². The van der Waals surface area contributed by atoms with Crippen LogP contribution in [0.25, 0.3) is 0 Å². The van der Waals surface area contributed by atoms with Gasteiger partial charge in [-0.05, 0) is 13.3 Å². The molecule has 0 aromatic heterocycles. The van der Waals surface area contributed by atoms with Crippen LogP contribution in [0.5, 0.6) is 0 Å². The summed E-state index contributed by atoms with van der Waals surface area (Å²) in [4.78, 5) is 22.2. The number of rotatable bonds is 5. The number of esters is 1.